The van der Waals surface area contributed by atoms with E-state index >= 15 is 0 Å². The lowest BCUT2D eigenvalue weighted by Crippen LogP contribution is -1.87. The molecule has 1 heterocycles. The number of nitrogens with zero attached hydrogens (tertiary/aromatic N) is 2. The molecule has 27 heavy (non-hydrogen) atoms. The number of para-hydroxylation sites is 1. The highest BCUT2D eigenvalue weighted by atomic mass is 19.1. The number of aromatic amines is 1. The third kappa shape index (κ3) is 3.70. The maximum absolute atomic E-state index is 13.4. The number of allylic oxidation sites excluding steroid dienone is 1. The Morgan fingerprint density at radius 3 is 2.63 bits per heavy atom. The molecule has 0 aliphatic rings. The second kappa shape index (κ2) is 7.14. The molecule has 4 nitrogen and oxygen atoms in total. The van der Waals surface area contributed by atoms with Crippen molar-refractivity contribution in [3.8, 4) is 17.6 Å². The number of fused-ring (bicyclic) bond motifs is 1. The van der Waals surface area contributed by atoms with Gasteiger partial charge in [0, 0.05) is 0 Å². The average molecular weight is 355 g/mol. The van der Waals surface area contributed by atoms with Gasteiger partial charge in [-0.2, -0.15) is 5.26 Å². The van der Waals surface area contributed by atoms with Gasteiger partial charge in [-0.25, -0.2) is 9.37 Å². The third-order valence-corrected chi connectivity index (χ3v) is 3.97. The fourth-order valence-electron chi connectivity index (χ4n) is 2.72. The highest BCUT2D eigenvalue weighted by molar-refractivity contribution is 5.90. The first-order valence-corrected chi connectivity index (χ1v) is 8.32. The van der Waals surface area contributed by atoms with Gasteiger partial charge in [0.25, 0.3) is 0 Å². The van der Waals surface area contributed by atoms with Gasteiger partial charge < -0.3 is 9.72 Å². The van der Waals surface area contributed by atoms with Crippen molar-refractivity contribution >= 4 is 22.7 Å². The van der Waals surface area contributed by atoms with E-state index in [2.05, 4.69) is 16.0 Å². The Kier molecular flexibility index (Phi) is 4.38. The molecule has 1 aromatic heterocycles. The molecule has 0 amide bonds. The number of H-pyrrole nitrogens is 1. The van der Waals surface area contributed by atoms with Crippen molar-refractivity contribution in [1.82, 2.24) is 9.97 Å². The SMILES string of the molecule is N#C/C(=C/c1cccc(Oc2ccccc2)c1)c1nc2ccc(F)cc2[nH]1. The van der Waals surface area contributed by atoms with Gasteiger partial charge in [-0.1, -0.05) is 30.3 Å². The molecule has 1 N–H and O–H groups in total. The number of ether oxygens (including phenoxy) is 1. The van der Waals surface area contributed by atoms with Gasteiger partial charge in [-0.3, -0.25) is 0 Å². The minimum atomic E-state index is -0.356. The topological polar surface area (TPSA) is 61.7 Å². The molecule has 4 rings (SSSR count). The molecule has 5 heteroatoms. The number of hydrogen-bond donors (Lipinski definition) is 1. The highest BCUT2D eigenvalue weighted by Crippen LogP contribution is 2.24. The molecule has 0 atom stereocenters. The van der Waals surface area contributed by atoms with Crippen molar-refractivity contribution in [3.63, 3.8) is 0 Å². The fraction of sp³-hybridized carbons (Fsp3) is 0. The van der Waals surface area contributed by atoms with Crippen LogP contribution in [0.2, 0.25) is 0 Å². The van der Waals surface area contributed by atoms with Crippen LogP contribution in [0.25, 0.3) is 22.7 Å². The largest absolute Gasteiger partial charge is 0.457 e. The molecule has 0 saturated heterocycles. The molecule has 4 aromatic rings. The van der Waals surface area contributed by atoms with Gasteiger partial charge in [0.2, 0.25) is 0 Å². The Morgan fingerprint density at radius 1 is 1.00 bits per heavy atom. The van der Waals surface area contributed by atoms with E-state index < -0.39 is 0 Å². The van der Waals surface area contributed by atoms with Crippen LogP contribution in [0, 0.1) is 17.1 Å². The summed E-state index contributed by atoms with van der Waals surface area (Å²) < 4.78 is 19.2. The molecule has 0 bridgehead atoms. The van der Waals surface area contributed by atoms with Crippen LogP contribution in [0.15, 0.2) is 72.8 Å². The first-order chi connectivity index (χ1) is 13.2. The molecule has 0 fully saturated rings. The number of halogens is 1. The van der Waals surface area contributed by atoms with Gasteiger partial charge in [-0.05, 0) is 54.1 Å². The predicted octanol–water partition coefficient (Wildman–Crippen LogP) is 5.56. The lowest BCUT2D eigenvalue weighted by Gasteiger charge is -2.06. The zero-order valence-electron chi connectivity index (χ0n) is 14.2. The maximum atomic E-state index is 13.4. The fourth-order valence-corrected chi connectivity index (χ4v) is 2.72. The molecule has 0 aliphatic carbocycles. The van der Waals surface area contributed by atoms with Crippen LogP contribution < -0.4 is 4.74 Å². The average Bonchev–Trinajstić information content (AvgIpc) is 3.10. The quantitative estimate of drug-likeness (QED) is 0.488. The molecule has 3 aromatic carbocycles. The molecule has 0 aliphatic heterocycles. The first-order valence-electron chi connectivity index (χ1n) is 8.32. The van der Waals surface area contributed by atoms with E-state index in [4.69, 9.17) is 4.74 Å². The zero-order valence-corrected chi connectivity index (χ0v) is 14.2. The Hall–Kier alpha value is -3.91. The van der Waals surface area contributed by atoms with Gasteiger partial charge in [0.05, 0.1) is 16.6 Å². The van der Waals surface area contributed by atoms with Crippen LogP contribution in [0.5, 0.6) is 11.5 Å². The van der Waals surface area contributed by atoms with Crippen molar-refractivity contribution < 1.29 is 9.13 Å². The number of nitriles is 1. The number of benzene rings is 3. The van der Waals surface area contributed by atoms with Crippen molar-refractivity contribution in [2.45, 2.75) is 0 Å². The molecule has 0 unspecified atom stereocenters. The second-order valence-electron chi connectivity index (χ2n) is 5.90. The third-order valence-electron chi connectivity index (χ3n) is 3.97. The summed E-state index contributed by atoms with van der Waals surface area (Å²) in [6.45, 7) is 0. The predicted molar refractivity (Wildman–Crippen MR) is 102 cm³/mol. The lowest BCUT2D eigenvalue weighted by atomic mass is 10.1. The maximum Gasteiger partial charge on any atom is 0.149 e. The van der Waals surface area contributed by atoms with Gasteiger partial charge in [-0.15, -0.1) is 0 Å². The molecule has 0 saturated carbocycles. The smallest absolute Gasteiger partial charge is 0.149 e. The van der Waals surface area contributed by atoms with Gasteiger partial charge in [0.1, 0.15) is 29.2 Å². The standard InChI is InChI=1S/C22H14FN3O/c23-17-9-10-20-21(13-17)26-22(25-20)16(14-24)11-15-5-4-8-19(12-15)27-18-6-2-1-3-7-18/h1-13H,(H,25,26)/b16-11-. The number of rotatable bonds is 4. The van der Waals surface area contributed by atoms with E-state index in [-0.39, 0.29) is 5.82 Å². The van der Waals surface area contributed by atoms with Crippen molar-refractivity contribution in [2.24, 2.45) is 0 Å². The summed E-state index contributed by atoms with van der Waals surface area (Å²) in [6, 6.07) is 23.3. The molecule has 0 radical (unpaired) electrons. The van der Waals surface area contributed by atoms with Crippen LogP contribution >= 0.6 is 0 Å². The monoisotopic (exact) mass is 355 g/mol. The van der Waals surface area contributed by atoms with E-state index in [0.29, 0.717) is 28.2 Å². The summed E-state index contributed by atoms with van der Waals surface area (Å²) in [5.74, 6) is 1.44. The van der Waals surface area contributed by atoms with Crippen molar-refractivity contribution in [3.05, 3.63) is 90.0 Å². The summed E-state index contributed by atoms with van der Waals surface area (Å²) in [5, 5.41) is 9.54. The Labute approximate surface area is 155 Å². The van der Waals surface area contributed by atoms with Gasteiger partial charge in [0.15, 0.2) is 0 Å². The summed E-state index contributed by atoms with van der Waals surface area (Å²) in [4.78, 5) is 7.36. The minimum Gasteiger partial charge on any atom is -0.457 e. The van der Waals surface area contributed by atoms with Crippen LogP contribution in [0.3, 0.4) is 0 Å². The number of nitrogens with one attached hydrogen (secondary N) is 1. The van der Waals surface area contributed by atoms with Crippen LogP contribution in [-0.2, 0) is 0 Å². The number of hydrogen-bond acceptors (Lipinski definition) is 3. The number of aromatic nitrogens is 2. The second-order valence-corrected chi connectivity index (χ2v) is 5.90. The molecular weight excluding hydrogens is 341 g/mol. The van der Waals surface area contributed by atoms with Crippen molar-refractivity contribution in [2.75, 3.05) is 0 Å². The van der Waals surface area contributed by atoms with E-state index in [0.717, 1.165) is 11.3 Å². The van der Waals surface area contributed by atoms with E-state index in [9.17, 15) is 9.65 Å². The lowest BCUT2D eigenvalue weighted by molar-refractivity contribution is 0.482. The zero-order chi connectivity index (χ0) is 18.6. The van der Waals surface area contributed by atoms with E-state index in [1.807, 2.05) is 54.6 Å². The Bertz CT molecular complexity index is 1170. The van der Waals surface area contributed by atoms with E-state index in [1.54, 1.807) is 12.1 Å². The van der Waals surface area contributed by atoms with Gasteiger partial charge >= 0.3 is 0 Å². The molecular formula is C22H14FN3O. The van der Waals surface area contributed by atoms with Crippen LogP contribution in [0.4, 0.5) is 4.39 Å². The minimum absolute atomic E-state index is 0.350. The normalized spacial score (nSPS) is 11.3. The summed E-state index contributed by atoms with van der Waals surface area (Å²) in [6.07, 6.45) is 1.71. The summed E-state index contributed by atoms with van der Waals surface area (Å²) in [5.41, 5.74) is 2.30. The van der Waals surface area contributed by atoms with Crippen molar-refractivity contribution in [1.29, 1.82) is 5.26 Å². The van der Waals surface area contributed by atoms with E-state index in [1.165, 1.54) is 12.1 Å². The van der Waals surface area contributed by atoms with Crippen LogP contribution in [0.1, 0.15) is 11.4 Å². The summed E-state index contributed by atoms with van der Waals surface area (Å²) in [7, 11) is 0. The number of imidazole rings is 1. The molecule has 0 spiro atoms. The van der Waals surface area contributed by atoms with Crippen LogP contribution in [-0.4, -0.2) is 9.97 Å². The Balaban J connectivity index is 1.66. The Morgan fingerprint density at radius 2 is 1.81 bits per heavy atom. The first kappa shape index (κ1) is 16.6. The highest BCUT2D eigenvalue weighted by Gasteiger charge is 2.09. The summed E-state index contributed by atoms with van der Waals surface area (Å²) >= 11 is 0. The molecule has 130 valence electrons.